The molecule has 0 spiro atoms. The van der Waals surface area contributed by atoms with Gasteiger partial charge in [-0.05, 0) is 26.2 Å². The topological polar surface area (TPSA) is 0 Å². The fourth-order valence-electron chi connectivity index (χ4n) is 2.07. The molecule has 0 nitrogen and oxygen atoms in total. The molecule has 0 saturated heterocycles. The van der Waals surface area contributed by atoms with E-state index >= 15 is 0 Å². The lowest BCUT2D eigenvalue weighted by atomic mass is 10.1. The zero-order valence-electron chi connectivity index (χ0n) is 12.2. The van der Waals surface area contributed by atoms with Gasteiger partial charge in [0.25, 0.3) is 0 Å². The molecule has 0 aliphatic rings. The third-order valence-corrected chi connectivity index (χ3v) is 3.23. The second kappa shape index (κ2) is 16.5. The lowest BCUT2D eigenvalue weighted by Crippen LogP contribution is -1.81. The molecule has 0 aromatic heterocycles. The monoisotopic (exact) mass is 248 g/mol. The number of unbranched alkanes of at least 4 members (excludes halogenated alkanes) is 10. The lowest BCUT2D eigenvalue weighted by molar-refractivity contribution is 0.561. The Hall–Kier alpha value is -0.520. The van der Waals surface area contributed by atoms with Crippen molar-refractivity contribution in [1.29, 1.82) is 0 Å². The van der Waals surface area contributed by atoms with Gasteiger partial charge in [-0.3, -0.25) is 0 Å². The van der Waals surface area contributed by atoms with E-state index in [9.17, 15) is 0 Å². The zero-order chi connectivity index (χ0) is 13.3. The van der Waals surface area contributed by atoms with E-state index in [1.807, 2.05) is 6.08 Å². The average Bonchev–Trinajstić information content (AvgIpc) is 2.39. The molecular formula is C18H32. The molecule has 104 valence electrons. The maximum absolute atomic E-state index is 3.87. The Morgan fingerprint density at radius 1 is 0.611 bits per heavy atom. The van der Waals surface area contributed by atoms with Gasteiger partial charge in [0.15, 0.2) is 0 Å². The van der Waals surface area contributed by atoms with Crippen LogP contribution >= 0.6 is 0 Å². The molecule has 0 rings (SSSR count). The van der Waals surface area contributed by atoms with E-state index in [2.05, 4.69) is 32.1 Å². The Bertz CT molecular complexity index is 188. The van der Waals surface area contributed by atoms with Crippen molar-refractivity contribution >= 4 is 0 Å². The number of rotatable bonds is 13. The minimum atomic E-state index is 1.04. The minimum absolute atomic E-state index is 1.04. The first-order valence-electron chi connectivity index (χ1n) is 7.80. The zero-order valence-corrected chi connectivity index (χ0v) is 12.2. The highest BCUT2D eigenvalue weighted by atomic mass is 14.0. The number of allylic oxidation sites excluding steroid dienone is 4. The van der Waals surface area contributed by atoms with Crippen molar-refractivity contribution in [2.45, 2.75) is 77.0 Å². The highest BCUT2D eigenvalue weighted by Gasteiger charge is 1.91. The van der Waals surface area contributed by atoms with Gasteiger partial charge >= 0.3 is 0 Å². The van der Waals surface area contributed by atoms with Gasteiger partial charge in [0.05, 0.1) is 0 Å². The molecule has 0 aromatic rings. The van der Waals surface area contributed by atoms with Gasteiger partial charge in [-0.1, -0.05) is 89.0 Å². The molecule has 0 amide bonds. The number of hydrogen-bond donors (Lipinski definition) is 0. The molecule has 0 heterocycles. The largest absolute Gasteiger partial charge is 0.0882 e. The Morgan fingerprint density at radius 3 is 1.72 bits per heavy atom. The van der Waals surface area contributed by atoms with Gasteiger partial charge in [-0.2, -0.15) is 0 Å². The molecule has 0 unspecified atom stereocenters. The van der Waals surface area contributed by atoms with Crippen molar-refractivity contribution in [2.75, 3.05) is 0 Å². The molecule has 0 fully saturated rings. The molecule has 0 aliphatic heterocycles. The summed E-state index contributed by atoms with van der Waals surface area (Å²) in [6.45, 7) is 7.54. The molecule has 0 saturated carbocycles. The third kappa shape index (κ3) is 15.5. The van der Waals surface area contributed by atoms with Crippen LogP contribution in [-0.2, 0) is 0 Å². The summed E-state index contributed by atoms with van der Waals surface area (Å²) >= 11 is 0. The van der Waals surface area contributed by atoms with Crippen molar-refractivity contribution in [2.24, 2.45) is 0 Å². The fourth-order valence-corrected chi connectivity index (χ4v) is 2.07. The summed E-state index contributed by atoms with van der Waals surface area (Å²) in [4.78, 5) is 0. The summed E-state index contributed by atoms with van der Waals surface area (Å²) < 4.78 is 0. The molecule has 0 atom stereocenters. The predicted octanol–water partition coefficient (Wildman–Crippen LogP) is 6.45. The third-order valence-electron chi connectivity index (χ3n) is 3.23. The van der Waals surface area contributed by atoms with Gasteiger partial charge in [0.2, 0.25) is 0 Å². The summed E-state index contributed by atoms with van der Waals surface area (Å²) in [6.07, 6.45) is 24.5. The fraction of sp³-hybridized carbons (Fsp3) is 0.667. The second-order valence-electron chi connectivity index (χ2n) is 5.00. The predicted molar refractivity (Wildman–Crippen MR) is 84.4 cm³/mol. The second-order valence-corrected chi connectivity index (χ2v) is 5.00. The van der Waals surface area contributed by atoms with Crippen molar-refractivity contribution < 1.29 is 0 Å². The van der Waals surface area contributed by atoms with Crippen LogP contribution in [0.5, 0.6) is 0 Å². The molecular weight excluding hydrogens is 216 g/mol. The van der Waals surface area contributed by atoms with Crippen LogP contribution in [0.3, 0.4) is 0 Å². The summed E-state index contributed by atoms with van der Waals surface area (Å²) in [5, 5.41) is 0. The van der Waals surface area contributed by atoms with Crippen LogP contribution in [0.4, 0.5) is 0 Å². The first kappa shape index (κ1) is 17.5. The SMILES string of the molecule is [CH2]C=CCC=CCCCCCCCCCCC[CH2]. The smallest absolute Gasteiger partial charge is 0.0169 e. The van der Waals surface area contributed by atoms with Crippen molar-refractivity contribution in [3.05, 3.63) is 38.2 Å². The summed E-state index contributed by atoms with van der Waals surface area (Å²) in [7, 11) is 0. The quantitative estimate of drug-likeness (QED) is 0.259. The minimum Gasteiger partial charge on any atom is -0.0882 e. The molecule has 0 bridgehead atoms. The van der Waals surface area contributed by atoms with Gasteiger partial charge < -0.3 is 0 Å². The van der Waals surface area contributed by atoms with E-state index in [1.54, 1.807) is 0 Å². The molecule has 2 radical (unpaired) electrons. The van der Waals surface area contributed by atoms with Crippen molar-refractivity contribution in [1.82, 2.24) is 0 Å². The van der Waals surface area contributed by atoms with Crippen LogP contribution in [0.15, 0.2) is 24.3 Å². The van der Waals surface area contributed by atoms with E-state index in [0.29, 0.717) is 0 Å². The first-order valence-corrected chi connectivity index (χ1v) is 7.80. The molecule has 0 aromatic carbocycles. The van der Waals surface area contributed by atoms with Gasteiger partial charge in [-0.15, -0.1) is 0 Å². The van der Waals surface area contributed by atoms with Crippen LogP contribution in [0, 0.1) is 13.8 Å². The van der Waals surface area contributed by atoms with Crippen LogP contribution in [0.1, 0.15) is 77.0 Å². The lowest BCUT2D eigenvalue weighted by Gasteiger charge is -2.01. The van der Waals surface area contributed by atoms with E-state index in [1.165, 1.54) is 64.2 Å². The van der Waals surface area contributed by atoms with E-state index in [-0.39, 0.29) is 0 Å². The molecule has 18 heavy (non-hydrogen) atoms. The van der Waals surface area contributed by atoms with Crippen LogP contribution in [-0.4, -0.2) is 0 Å². The molecule has 0 aliphatic carbocycles. The Morgan fingerprint density at radius 2 is 1.17 bits per heavy atom. The van der Waals surface area contributed by atoms with Gasteiger partial charge in [0, 0.05) is 0 Å². The molecule has 0 N–H and O–H groups in total. The summed E-state index contributed by atoms with van der Waals surface area (Å²) in [6, 6.07) is 0. The van der Waals surface area contributed by atoms with E-state index in [4.69, 9.17) is 0 Å². The summed E-state index contributed by atoms with van der Waals surface area (Å²) in [5.74, 6) is 0. The Kier molecular flexibility index (Phi) is 16.0. The normalized spacial score (nSPS) is 11.9. The standard InChI is InChI=1S/C18H32/c1-3-5-7-9-11-13-15-17-18-16-14-12-10-8-6-4-2/h3,5,9,11H,1-2,4,6-8,10,12-18H2. The Labute approximate surface area is 116 Å². The Balaban J connectivity index is 3.00. The maximum atomic E-state index is 3.87. The van der Waals surface area contributed by atoms with E-state index in [0.717, 1.165) is 12.8 Å². The van der Waals surface area contributed by atoms with E-state index < -0.39 is 0 Å². The maximum Gasteiger partial charge on any atom is -0.0169 e. The van der Waals surface area contributed by atoms with Crippen molar-refractivity contribution in [3.63, 3.8) is 0 Å². The van der Waals surface area contributed by atoms with Crippen LogP contribution < -0.4 is 0 Å². The van der Waals surface area contributed by atoms with Crippen molar-refractivity contribution in [3.8, 4) is 0 Å². The first-order chi connectivity index (χ1) is 8.91. The van der Waals surface area contributed by atoms with Gasteiger partial charge in [0.1, 0.15) is 0 Å². The van der Waals surface area contributed by atoms with Gasteiger partial charge in [-0.25, -0.2) is 0 Å². The van der Waals surface area contributed by atoms with Crippen LogP contribution in [0.2, 0.25) is 0 Å². The highest BCUT2D eigenvalue weighted by Crippen LogP contribution is 2.11. The highest BCUT2D eigenvalue weighted by molar-refractivity contribution is 4.93. The number of hydrogen-bond acceptors (Lipinski definition) is 0. The molecule has 0 heteroatoms. The summed E-state index contributed by atoms with van der Waals surface area (Å²) in [5.41, 5.74) is 0. The van der Waals surface area contributed by atoms with Crippen LogP contribution in [0.25, 0.3) is 0 Å². The average molecular weight is 248 g/mol.